The van der Waals surface area contributed by atoms with Crippen molar-refractivity contribution < 1.29 is 9.53 Å². The Balaban J connectivity index is 1.53. The maximum atomic E-state index is 11.9. The molecule has 1 aromatic rings. The fourth-order valence-electron chi connectivity index (χ4n) is 4.32. The number of anilines is 2. The lowest BCUT2D eigenvalue weighted by Gasteiger charge is -2.26. The van der Waals surface area contributed by atoms with Gasteiger partial charge in [0, 0.05) is 51.4 Å². The summed E-state index contributed by atoms with van der Waals surface area (Å²) in [5, 5.41) is 0. The van der Waals surface area contributed by atoms with Crippen LogP contribution in [-0.4, -0.2) is 66.3 Å². The van der Waals surface area contributed by atoms with Gasteiger partial charge in [-0.25, -0.2) is 9.78 Å². The number of hydrogen-bond donors (Lipinski definition) is 0. The molecule has 3 aliphatic rings. The van der Waals surface area contributed by atoms with Crippen molar-refractivity contribution in [1.29, 1.82) is 0 Å². The van der Waals surface area contributed by atoms with Crippen molar-refractivity contribution in [3.05, 3.63) is 11.8 Å². The van der Waals surface area contributed by atoms with Crippen molar-refractivity contribution in [1.82, 2.24) is 14.9 Å². The van der Waals surface area contributed by atoms with E-state index in [1.165, 1.54) is 12.8 Å². The summed E-state index contributed by atoms with van der Waals surface area (Å²) >= 11 is 0. The first-order valence-electron chi connectivity index (χ1n) is 9.90. The summed E-state index contributed by atoms with van der Waals surface area (Å²) in [5.74, 6) is 1.90. The Hall–Kier alpha value is -2.05. The molecule has 7 heteroatoms. The monoisotopic (exact) mass is 359 g/mol. The first-order chi connectivity index (χ1) is 12.6. The van der Waals surface area contributed by atoms with Gasteiger partial charge in [-0.2, -0.15) is 4.98 Å². The summed E-state index contributed by atoms with van der Waals surface area (Å²) in [6, 6.07) is 2.13. The first kappa shape index (κ1) is 17.4. The Morgan fingerprint density at radius 2 is 1.85 bits per heavy atom. The molecule has 3 saturated heterocycles. The molecule has 7 nitrogen and oxygen atoms in total. The molecule has 1 aromatic heterocycles. The molecule has 1 atom stereocenters. The number of carbonyl (C=O) groups excluding carboxylic acids is 1. The van der Waals surface area contributed by atoms with E-state index in [1.54, 1.807) is 4.90 Å². The smallest absolute Gasteiger partial charge is 0.410 e. The van der Waals surface area contributed by atoms with Gasteiger partial charge in [0.2, 0.25) is 5.95 Å². The molecule has 4 heterocycles. The van der Waals surface area contributed by atoms with Gasteiger partial charge in [-0.1, -0.05) is 6.92 Å². The maximum Gasteiger partial charge on any atom is 0.410 e. The number of ether oxygens (including phenoxy) is 1. The van der Waals surface area contributed by atoms with Crippen LogP contribution in [0.15, 0.2) is 6.07 Å². The van der Waals surface area contributed by atoms with Gasteiger partial charge in [-0.15, -0.1) is 0 Å². The number of nitrogens with zero attached hydrogens (tertiary/aromatic N) is 5. The minimum atomic E-state index is -0.320. The third kappa shape index (κ3) is 3.31. The summed E-state index contributed by atoms with van der Waals surface area (Å²) in [7, 11) is 1.82. The standard InChI is InChI=1S/C19H29N5O2/c1-3-15-13-16(21-17(20-15)24-9-4-5-10-24)23-11-6-7-19(8-12-23)14-22(2)18(25)26-19/h13H,3-12,14H2,1-2H3/t19-/m1/s1. The zero-order chi connectivity index (χ0) is 18.1. The van der Waals surface area contributed by atoms with Crippen molar-refractivity contribution in [2.45, 2.75) is 51.0 Å². The molecule has 26 heavy (non-hydrogen) atoms. The van der Waals surface area contributed by atoms with Crippen LogP contribution in [0.25, 0.3) is 0 Å². The Kier molecular flexibility index (Phi) is 4.63. The Labute approximate surface area is 155 Å². The Morgan fingerprint density at radius 3 is 2.54 bits per heavy atom. The molecular formula is C19H29N5O2. The van der Waals surface area contributed by atoms with Crippen molar-refractivity contribution in [3.63, 3.8) is 0 Å². The van der Waals surface area contributed by atoms with E-state index in [2.05, 4.69) is 22.8 Å². The molecule has 0 aliphatic carbocycles. The molecule has 0 saturated carbocycles. The molecule has 1 amide bonds. The summed E-state index contributed by atoms with van der Waals surface area (Å²) in [6.07, 6.45) is 5.95. The molecule has 4 rings (SSSR count). The third-order valence-corrected chi connectivity index (χ3v) is 5.87. The van der Waals surface area contributed by atoms with Gasteiger partial charge in [0.1, 0.15) is 11.4 Å². The maximum absolute atomic E-state index is 11.9. The highest BCUT2D eigenvalue weighted by atomic mass is 16.6. The van der Waals surface area contributed by atoms with Crippen LogP contribution in [0.4, 0.5) is 16.6 Å². The fourth-order valence-corrected chi connectivity index (χ4v) is 4.32. The molecule has 0 bridgehead atoms. The number of carbonyl (C=O) groups is 1. The van der Waals surface area contributed by atoms with E-state index in [9.17, 15) is 4.79 Å². The fraction of sp³-hybridized carbons (Fsp3) is 0.737. The van der Waals surface area contributed by atoms with Gasteiger partial charge < -0.3 is 19.4 Å². The molecule has 142 valence electrons. The zero-order valence-electron chi connectivity index (χ0n) is 15.9. The molecular weight excluding hydrogens is 330 g/mol. The van der Waals surface area contributed by atoms with E-state index in [-0.39, 0.29) is 11.7 Å². The predicted molar refractivity (Wildman–Crippen MR) is 101 cm³/mol. The van der Waals surface area contributed by atoms with Crippen LogP contribution < -0.4 is 9.80 Å². The van der Waals surface area contributed by atoms with Crippen LogP contribution in [-0.2, 0) is 11.2 Å². The SMILES string of the molecule is CCc1cc(N2CCC[C@@]3(CC2)CN(C)C(=O)O3)nc(N2CCCC2)n1. The van der Waals surface area contributed by atoms with Crippen LogP contribution >= 0.6 is 0 Å². The highest BCUT2D eigenvalue weighted by Crippen LogP contribution is 2.34. The van der Waals surface area contributed by atoms with Crippen LogP contribution in [0, 0.1) is 0 Å². The van der Waals surface area contributed by atoms with E-state index in [1.807, 2.05) is 7.05 Å². The minimum Gasteiger partial charge on any atom is -0.441 e. The lowest BCUT2D eigenvalue weighted by Crippen LogP contribution is -2.35. The van der Waals surface area contributed by atoms with E-state index in [4.69, 9.17) is 14.7 Å². The van der Waals surface area contributed by atoms with E-state index in [0.717, 1.165) is 69.3 Å². The highest BCUT2D eigenvalue weighted by Gasteiger charge is 2.44. The van der Waals surface area contributed by atoms with Gasteiger partial charge in [-0.05, 0) is 32.1 Å². The summed E-state index contributed by atoms with van der Waals surface area (Å²) < 4.78 is 5.74. The number of aryl methyl sites for hydroxylation is 1. The Morgan fingerprint density at radius 1 is 1.08 bits per heavy atom. The van der Waals surface area contributed by atoms with E-state index < -0.39 is 0 Å². The van der Waals surface area contributed by atoms with Crippen molar-refractivity contribution in [2.24, 2.45) is 0 Å². The number of amides is 1. The highest BCUT2D eigenvalue weighted by molar-refractivity contribution is 5.70. The second-order valence-electron chi connectivity index (χ2n) is 7.81. The number of rotatable bonds is 3. The van der Waals surface area contributed by atoms with E-state index >= 15 is 0 Å². The van der Waals surface area contributed by atoms with E-state index in [0.29, 0.717) is 6.54 Å². The first-order valence-corrected chi connectivity index (χ1v) is 9.90. The second kappa shape index (κ2) is 6.93. The van der Waals surface area contributed by atoms with Gasteiger partial charge in [0.15, 0.2) is 0 Å². The number of likely N-dealkylation sites (N-methyl/N-ethyl adjacent to an activating group) is 1. The molecule has 0 N–H and O–H groups in total. The second-order valence-corrected chi connectivity index (χ2v) is 7.81. The number of aromatic nitrogens is 2. The zero-order valence-corrected chi connectivity index (χ0v) is 15.9. The topological polar surface area (TPSA) is 61.8 Å². The quantitative estimate of drug-likeness (QED) is 0.826. The van der Waals surface area contributed by atoms with Crippen LogP contribution in [0.5, 0.6) is 0 Å². The van der Waals surface area contributed by atoms with Crippen molar-refractivity contribution in [3.8, 4) is 0 Å². The normalized spacial score (nSPS) is 26.5. The van der Waals surface area contributed by atoms with Crippen LogP contribution in [0.2, 0.25) is 0 Å². The Bertz CT molecular complexity index is 676. The molecule has 3 fully saturated rings. The largest absolute Gasteiger partial charge is 0.441 e. The molecule has 3 aliphatic heterocycles. The summed E-state index contributed by atoms with van der Waals surface area (Å²) in [6.45, 7) is 6.76. The number of hydrogen-bond acceptors (Lipinski definition) is 6. The van der Waals surface area contributed by atoms with Crippen molar-refractivity contribution >= 4 is 17.9 Å². The molecule has 0 unspecified atom stereocenters. The third-order valence-electron chi connectivity index (χ3n) is 5.87. The predicted octanol–water partition coefficient (Wildman–Crippen LogP) is 2.45. The molecule has 0 radical (unpaired) electrons. The average molecular weight is 359 g/mol. The van der Waals surface area contributed by atoms with Gasteiger partial charge in [0.25, 0.3) is 0 Å². The molecule has 1 spiro atoms. The minimum absolute atomic E-state index is 0.190. The van der Waals surface area contributed by atoms with Crippen LogP contribution in [0.3, 0.4) is 0 Å². The van der Waals surface area contributed by atoms with Crippen LogP contribution in [0.1, 0.15) is 44.7 Å². The summed E-state index contributed by atoms with van der Waals surface area (Å²) in [5.41, 5.74) is 0.779. The van der Waals surface area contributed by atoms with Gasteiger partial charge in [-0.3, -0.25) is 0 Å². The lowest BCUT2D eigenvalue weighted by molar-refractivity contribution is 0.0473. The lowest BCUT2D eigenvalue weighted by atomic mass is 9.95. The summed E-state index contributed by atoms with van der Waals surface area (Å²) in [4.78, 5) is 27.8. The average Bonchev–Trinajstić information content (AvgIpc) is 3.21. The molecule has 0 aromatic carbocycles. The van der Waals surface area contributed by atoms with Crippen molar-refractivity contribution in [2.75, 3.05) is 49.6 Å². The van der Waals surface area contributed by atoms with Gasteiger partial charge in [0.05, 0.1) is 6.54 Å². The van der Waals surface area contributed by atoms with Gasteiger partial charge >= 0.3 is 6.09 Å².